The smallest absolute Gasteiger partial charge is 0.409 e. The number of hydrogen-bond donors (Lipinski definition) is 2. The van der Waals surface area contributed by atoms with E-state index in [-0.39, 0.29) is 0 Å². The Balaban J connectivity index is 1.90. The summed E-state index contributed by atoms with van der Waals surface area (Å²) in [6.45, 7) is 0. The van der Waals surface area contributed by atoms with Crippen molar-refractivity contribution < 1.29 is 9.90 Å². The molecule has 0 heterocycles. The Hall–Kier alpha value is -1.22. The van der Waals surface area contributed by atoms with E-state index in [9.17, 15) is 4.79 Å². The van der Waals surface area contributed by atoms with E-state index in [0.29, 0.717) is 16.1 Å². The molecule has 2 fully saturated rings. The molecule has 2 N–H and O–H groups in total. The molecule has 0 unspecified atom stereocenters. The summed E-state index contributed by atoms with van der Waals surface area (Å²) in [6.07, 6.45) is 5.35. The number of fused-ring (bicyclic) bond motifs is 2. The van der Waals surface area contributed by atoms with Crippen LogP contribution in [0.5, 0.6) is 0 Å². The second kappa shape index (κ2) is 4.16. The van der Waals surface area contributed by atoms with Gasteiger partial charge >= 0.3 is 6.09 Å². The van der Waals surface area contributed by atoms with Crippen LogP contribution in [0.4, 0.5) is 10.5 Å². The molecule has 0 spiro atoms. The van der Waals surface area contributed by atoms with Crippen LogP contribution in [0.3, 0.4) is 0 Å². The Bertz CT molecular complexity index is 493. The number of benzene rings is 1. The number of carbonyl (C=O) groups is 1. The van der Waals surface area contributed by atoms with Gasteiger partial charge in [0.05, 0.1) is 10.7 Å². The van der Waals surface area contributed by atoms with E-state index in [4.69, 9.17) is 16.7 Å². The van der Waals surface area contributed by atoms with Crippen LogP contribution in [-0.2, 0) is 5.41 Å². The lowest BCUT2D eigenvalue weighted by Gasteiger charge is -2.27. The summed E-state index contributed by atoms with van der Waals surface area (Å²) in [5.41, 5.74) is 2.07. The van der Waals surface area contributed by atoms with E-state index < -0.39 is 6.09 Å². The number of halogens is 1. The molecule has 4 heteroatoms. The van der Waals surface area contributed by atoms with Crippen LogP contribution in [0.2, 0.25) is 5.02 Å². The number of hydrogen-bond acceptors (Lipinski definition) is 1. The maximum atomic E-state index is 10.6. The Morgan fingerprint density at radius 1 is 1.39 bits per heavy atom. The maximum absolute atomic E-state index is 10.6. The lowest BCUT2D eigenvalue weighted by molar-refractivity contribution is 0.210. The minimum atomic E-state index is -1.08. The minimum Gasteiger partial charge on any atom is -0.465 e. The molecule has 0 aromatic heterocycles. The molecule has 0 aliphatic heterocycles. The maximum Gasteiger partial charge on any atom is 0.409 e. The fourth-order valence-corrected chi connectivity index (χ4v) is 3.89. The summed E-state index contributed by atoms with van der Waals surface area (Å²) in [7, 11) is 0. The molecule has 2 bridgehead atoms. The first-order valence-electron chi connectivity index (χ1n) is 6.39. The SMILES string of the molecule is O=C(O)Nc1ccc(C23CCC(CC2)C3)cc1Cl. The predicted molar refractivity (Wildman–Crippen MR) is 71.4 cm³/mol. The lowest BCUT2D eigenvalue weighted by Crippen LogP contribution is -2.19. The quantitative estimate of drug-likeness (QED) is 0.839. The number of rotatable bonds is 2. The van der Waals surface area contributed by atoms with Crippen LogP contribution in [-0.4, -0.2) is 11.2 Å². The topological polar surface area (TPSA) is 49.3 Å². The van der Waals surface area contributed by atoms with Crippen LogP contribution in [0, 0.1) is 5.92 Å². The largest absolute Gasteiger partial charge is 0.465 e. The normalized spacial score (nSPS) is 29.5. The molecule has 2 aliphatic carbocycles. The van der Waals surface area contributed by atoms with Crippen molar-refractivity contribution in [2.24, 2.45) is 5.92 Å². The third-order valence-electron chi connectivity index (χ3n) is 4.56. The second-order valence-corrected chi connectivity index (χ2v) is 5.96. The summed E-state index contributed by atoms with van der Waals surface area (Å²) in [5, 5.41) is 11.5. The monoisotopic (exact) mass is 265 g/mol. The number of nitrogens with one attached hydrogen (secondary N) is 1. The number of amides is 1. The molecule has 18 heavy (non-hydrogen) atoms. The van der Waals surface area contributed by atoms with Crippen molar-refractivity contribution in [3.63, 3.8) is 0 Å². The zero-order valence-corrected chi connectivity index (χ0v) is 10.8. The minimum absolute atomic E-state index is 0.316. The van der Waals surface area contributed by atoms with Crippen molar-refractivity contribution in [3.8, 4) is 0 Å². The van der Waals surface area contributed by atoms with Crippen LogP contribution in [0.1, 0.15) is 37.7 Å². The van der Waals surface area contributed by atoms with E-state index in [1.807, 2.05) is 12.1 Å². The summed E-state index contributed by atoms with van der Waals surface area (Å²) in [4.78, 5) is 10.6. The Morgan fingerprint density at radius 3 is 2.61 bits per heavy atom. The first-order valence-corrected chi connectivity index (χ1v) is 6.77. The molecule has 1 aromatic carbocycles. The van der Waals surface area contributed by atoms with Gasteiger partial charge < -0.3 is 5.11 Å². The molecule has 2 saturated carbocycles. The Labute approximate surface area is 111 Å². The molecule has 96 valence electrons. The molecule has 1 amide bonds. The fourth-order valence-electron chi connectivity index (χ4n) is 3.66. The van der Waals surface area contributed by atoms with Crippen LogP contribution < -0.4 is 5.32 Å². The van der Waals surface area contributed by atoms with Crippen LogP contribution in [0.15, 0.2) is 18.2 Å². The molecule has 1 aromatic rings. The molecule has 2 aliphatic rings. The Morgan fingerprint density at radius 2 is 2.11 bits per heavy atom. The first-order chi connectivity index (χ1) is 8.59. The van der Waals surface area contributed by atoms with Crippen LogP contribution >= 0.6 is 11.6 Å². The van der Waals surface area contributed by atoms with Gasteiger partial charge in [-0.25, -0.2) is 4.79 Å². The average molecular weight is 266 g/mol. The highest BCUT2D eigenvalue weighted by atomic mass is 35.5. The van der Waals surface area contributed by atoms with Crippen LogP contribution in [0.25, 0.3) is 0 Å². The van der Waals surface area contributed by atoms with Gasteiger partial charge in [-0.3, -0.25) is 5.32 Å². The van der Waals surface area contributed by atoms with Crippen molar-refractivity contribution in [1.82, 2.24) is 0 Å². The molecular weight excluding hydrogens is 250 g/mol. The summed E-state index contributed by atoms with van der Waals surface area (Å²) in [6, 6.07) is 5.76. The van der Waals surface area contributed by atoms with Gasteiger partial charge in [-0.1, -0.05) is 17.7 Å². The molecule has 0 radical (unpaired) electrons. The summed E-state index contributed by atoms with van der Waals surface area (Å²) in [5.74, 6) is 0.889. The van der Waals surface area contributed by atoms with Crippen molar-refractivity contribution in [2.45, 2.75) is 37.5 Å². The highest BCUT2D eigenvalue weighted by Crippen LogP contribution is 2.55. The van der Waals surface area contributed by atoms with E-state index in [0.717, 1.165) is 5.92 Å². The molecule has 0 saturated heterocycles. The van der Waals surface area contributed by atoms with E-state index >= 15 is 0 Å². The van der Waals surface area contributed by atoms with Crippen molar-refractivity contribution in [2.75, 3.05) is 5.32 Å². The van der Waals surface area contributed by atoms with E-state index in [2.05, 4.69) is 5.32 Å². The highest BCUT2D eigenvalue weighted by Gasteiger charge is 2.45. The van der Waals surface area contributed by atoms with Crippen molar-refractivity contribution in [3.05, 3.63) is 28.8 Å². The zero-order chi connectivity index (χ0) is 12.8. The molecule has 3 nitrogen and oxygen atoms in total. The Kier molecular flexibility index (Phi) is 2.74. The van der Waals surface area contributed by atoms with Gasteiger partial charge in [0.25, 0.3) is 0 Å². The van der Waals surface area contributed by atoms with Gasteiger partial charge in [-0.05, 0) is 61.1 Å². The number of carboxylic acid groups (broad SMARTS) is 1. The second-order valence-electron chi connectivity index (χ2n) is 5.55. The standard InChI is InChI=1S/C14H16ClNO2/c15-11-7-10(1-2-12(11)16-13(17)18)14-5-3-9(8-14)4-6-14/h1-2,7,9,16H,3-6,8H2,(H,17,18). The average Bonchev–Trinajstić information content (AvgIpc) is 2.92. The number of anilines is 1. The molecular formula is C14H16ClNO2. The van der Waals surface area contributed by atoms with E-state index in [1.54, 1.807) is 6.07 Å². The van der Waals surface area contributed by atoms with E-state index in [1.165, 1.54) is 37.7 Å². The van der Waals surface area contributed by atoms with Gasteiger partial charge in [-0.15, -0.1) is 0 Å². The zero-order valence-electron chi connectivity index (χ0n) is 10.1. The van der Waals surface area contributed by atoms with Gasteiger partial charge in [0.15, 0.2) is 0 Å². The third-order valence-corrected chi connectivity index (χ3v) is 4.88. The van der Waals surface area contributed by atoms with Gasteiger partial charge in [0, 0.05) is 0 Å². The lowest BCUT2D eigenvalue weighted by atomic mass is 9.78. The molecule has 0 atom stereocenters. The highest BCUT2D eigenvalue weighted by molar-refractivity contribution is 6.33. The summed E-state index contributed by atoms with van der Waals surface area (Å²) >= 11 is 6.16. The fraction of sp³-hybridized carbons (Fsp3) is 0.500. The first kappa shape index (κ1) is 11.8. The van der Waals surface area contributed by atoms with Crippen molar-refractivity contribution >= 4 is 23.4 Å². The van der Waals surface area contributed by atoms with Gasteiger partial charge in [0.2, 0.25) is 0 Å². The van der Waals surface area contributed by atoms with Crippen molar-refractivity contribution in [1.29, 1.82) is 0 Å². The predicted octanol–water partition coefficient (Wildman–Crippen LogP) is 4.26. The molecule has 3 rings (SSSR count). The van der Waals surface area contributed by atoms with Gasteiger partial charge in [0.1, 0.15) is 0 Å². The van der Waals surface area contributed by atoms with Gasteiger partial charge in [-0.2, -0.15) is 0 Å². The summed E-state index contributed by atoms with van der Waals surface area (Å²) < 4.78 is 0. The third kappa shape index (κ3) is 1.87.